The third-order valence-corrected chi connectivity index (χ3v) is 5.12. The van der Waals surface area contributed by atoms with Crippen LogP contribution in [0.25, 0.3) is 0 Å². The van der Waals surface area contributed by atoms with Crippen LogP contribution in [0, 0.1) is 0 Å². The molecule has 1 amide bonds. The molecule has 5 heteroatoms. The number of anilines is 1. The summed E-state index contributed by atoms with van der Waals surface area (Å²) in [5, 5.41) is 3.54. The monoisotopic (exact) mass is 366 g/mol. The minimum Gasteiger partial charge on any atom is -0.494 e. The summed E-state index contributed by atoms with van der Waals surface area (Å²) in [6.45, 7) is 4.17. The van der Waals surface area contributed by atoms with Gasteiger partial charge in [0.15, 0.2) is 0 Å². The summed E-state index contributed by atoms with van der Waals surface area (Å²) in [6.07, 6.45) is 2.94. The highest BCUT2D eigenvalue weighted by Crippen LogP contribution is 2.34. The topological polar surface area (TPSA) is 50.8 Å². The van der Waals surface area contributed by atoms with Crippen LogP contribution in [-0.2, 0) is 4.74 Å². The highest BCUT2D eigenvalue weighted by Gasteiger charge is 2.35. The van der Waals surface area contributed by atoms with Crippen LogP contribution >= 0.6 is 0 Å². The molecule has 2 aliphatic rings. The van der Waals surface area contributed by atoms with Crippen LogP contribution in [0.2, 0.25) is 0 Å². The van der Waals surface area contributed by atoms with Crippen molar-refractivity contribution in [2.24, 2.45) is 0 Å². The molecule has 2 unspecified atom stereocenters. The lowest BCUT2D eigenvalue weighted by atomic mass is 10.0. The zero-order valence-electron chi connectivity index (χ0n) is 15.7. The molecule has 0 aliphatic carbocycles. The van der Waals surface area contributed by atoms with E-state index >= 15 is 0 Å². The van der Waals surface area contributed by atoms with Gasteiger partial charge in [0, 0.05) is 18.8 Å². The van der Waals surface area contributed by atoms with Crippen molar-refractivity contribution in [2.75, 3.05) is 25.1 Å². The van der Waals surface area contributed by atoms with Crippen LogP contribution in [0.15, 0.2) is 48.5 Å². The normalized spacial score (nSPS) is 21.7. The highest BCUT2D eigenvalue weighted by atomic mass is 16.5. The molecule has 5 nitrogen and oxygen atoms in total. The SMILES string of the molecule is CCCOc1ccc(C2Nc3ccccc3C(=O)N2CC2CCCO2)cc1. The molecule has 2 aliphatic heterocycles. The third-order valence-electron chi connectivity index (χ3n) is 5.12. The van der Waals surface area contributed by atoms with E-state index in [4.69, 9.17) is 9.47 Å². The zero-order chi connectivity index (χ0) is 18.6. The second-order valence-corrected chi connectivity index (χ2v) is 7.10. The van der Waals surface area contributed by atoms with Crippen molar-refractivity contribution < 1.29 is 14.3 Å². The Bertz CT molecular complexity index is 784. The van der Waals surface area contributed by atoms with Gasteiger partial charge >= 0.3 is 0 Å². The molecule has 0 aromatic heterocycles. The molecule has 0 spiro atoms. The number of benzene rings is 2. The van der Waals surface area contributed by atoms with Crippen molar-refractivity contribution in [1.82, 2.24) is 4.90 Å². The molecule has 2 atom stereocenters. The van der Waals surface area contributed by atoms with Gasteiger partial charge in [-0.15, -0.1) is 0 Å². The molecule has 0 bridgehead atoms. The van der Waals surface area contributed by atoms with Gasteiger partial charge in [-0.1, -0.05) is 31.2 Å². The van der Waals surface area contributed by atoms with E-state index in [9.17, 15) is 4.79 Å². The van der Waals surface area contributed by atoms with Crippen LogP contribution in [0.5, 0.6) is 5.75 Å². The molecule has 4 rings (SSSR count). The number of rotatable bonds is 6. The summed E-state index contributed by atoms with van der Waals surface area (Å²) < 4.78 is 11.5. The Morgan fingerprint density at radius 1 is 1.19 bits per heavy atom. The molecule has 142 valence electrons. The predicted octanol–water partition coefficient (Wildman–Crippen LogP) is 4.22. The highest BCUT2D eigenvalue weighted by molar-refractivity contribution is 6.01. The van der Waals surface area contributed by atoms with Crippen molar-refractivity contribution in [3.8, 4) is 5.75 Å². The Labute approximate surface area is 160 Å². The minimum absolute atomic E-state index is 0.0520. The fourth-order valence-corrected chi connectivity index (χ4v) is 3.72. The van der Waals surface area contributed by atoms with E-state index in [0.29, 0.717) is 13.2 Å². The van der Waals surface area contributed by atoms with Gasteiger partial charge in [-0.25, -0.2) is 0 Å². The molecule has 0 saturated carbocycles. The molecule has 0 radical (unpaired) electrons. The number of amides is 1. The molecular formula is C22H26N2O3. The van der Waals surface area contributed by atoms with Crippen LogP contribution in [-0.4, -0.2) is 36.7 Å². The van der Waals surface area contributed by atoms with Gasteiger partial charge in [0.2, 0.25) is 0 Å². The fraction of sp³-hybridized carbons (Fsp3) is 0.409. The van der Waals surface area contributed by atoms with Crippen molar-refractivity contribution in [2.45, 2.75) is 38.5 Å². The number of hydrogen-bond acceptors (Lipinski definition) is 4. The van der Waals surface area contributed by atoms with E-state index in [1.807, 2.05) is 53.4 Å². The summed E-state index contributed by atoms with van der Waals surface area (Å²) >= 11 is 0. The van der Waals surface area contributed by atoms with Crippen LogP contribution in [0.3, 0.4) is 0 Å². The van der Waals surface area contributed by atoms with Gasteiger partial charge in [0.1, 0.15) is 11.9 Å². The Balaban J connectivity index is 1.62. The maximum absolute atomic E-state index is 13.2. The minimum atomic E-state index is -0.211. The average Bonchev–Trinajstić information content (AvgIpc) is 3.22. The molecule has 27 heavy (non-hydrogen) atoms. The number of nitrogens with one attached hydrogen (secondary N) is 1. The summed E-state index contributed by atoms with van der Waals surface area (Å²) in [7, 11) is 0. The maximum Gasteiger partial charge on any atom is 0.257 e. The average molecular weight is 366 g/mol. The summed E-state index contributed by atoms with van der Waals surface area (Å²) in [5.41, 5.74) is 2.64. The van der Waals surface area contributed by atoms with Crippen LogP contribution in [0.1, 0.15) is 48.3 Å². The molecule has 2 aromatic carbocycles. The van der Waals surface area contributed by atoms with Gasteiger partial charge in [0.25, 0.3) is 5.91 Å². The number of para-hydroxylation sites is 1. The van der Waals surface area contributed by atoms with Crippen molar-refractivity contribution in [3.63, 3.8) is 0 Å². The lowest BCUT2D eigenvalue weighted by Crippen LogP contribution is -2.46. The number of hydrogen-bond donors (Lipinski definition) is 1. The molecule has 1 fully saturated rings. The largest absolute Gasteiger partial charge is 0.494 e. The van der Waals surface area contributed by atoms with Crippen LogP contribution in [0.4, 0.5) is 5.69 Å². The van der Waals surface area contributed by atoms with E-state index in [2.05, 4.69) is 12.2 Å². The lowest BCUT2D eigenvalue weighted by molar-refractivity contribution is 0.0427. The number of nitrogens with zero attached hydrogens (tertiary/aromatic N) is 1. The van der Waals surface area contributed by atoms with Crippen LogP contribution < -0.4 is 10.1 Å². The Morgan fingerprint density at radius 2 is 2.00 bits per heavy atom. The van der Waals surface area contributed by atoms with E-state index < -0.39 is 0 Å². The predicted molar refractivity (Wildman–Crippen MR) is 105 cm³/mol. The zero-order valence-corrected chi connectivity index (χ0v) is 15.7. The van der Waals surface area contributed by atoms with Gasteiger partial charge in [-0.3, -0.25) is 4.79 Å². The van der Waals surface area contributed by atoms with Gasteiger partial charge in [-0.2, -0.15) is 0 Å². The first-order valence-electron chi connectivity index (χ1n) is 9.77. The van der Waals surface area contributed by atoms with Gasteiger partial charge < -0.3 is 19.7 Å². The molecule has 1 N–H and O–H groups in total. The van der Waals surface area contributed by atoms with E-state index in [1.54, 1.807) is 0 Å². The molecule has 2 aromatic rings. The summed E-state index contributed by atoms with van der Waals surface area (Å²) in [6, 6.07) is 15.7. The van der Waals surface area contributed by atoms with E-state index in [0.717, 1.165) is 48.4 Å². The Morgan fingerprint density at radius 3 is 2.74 bits per heavy atom. The standard InChI is InChI=1S/C22H26N2O3/c1-2-13-26-17-11-9-16(10-12-17)21-23-20-8-4-3-7-19(20)22(25)24(21)15-18-6-5-14-27-18/h3-4,7-12,18,21,23H,2,5-6,13-15H2,1H3. The van der Waals surface area contributed by atoms with Crippen molar-refractivity contribution >= 4 is 11.6 Å². The molecular weight excluding hydrogens is 340 g/mol. The number of ether oxygens (including phenoxy) is 2. The first-order chi connectivity index (χ1) is 13.3. The smallest absolute Gasteiger partial charge is 0.257 e. The summed E-state index contributed by atoms with van der Waals surface area (Å²) in [5.74, 6) is 0.907. The Kier molecular flexibility index (Phi) is 5.30. The first-order valence-corrected chi connectivity index (χ1v) is 9.77. The first kappa shape index (κ1) is 17.9. The van der Waals surface area contributed by atoms with Crippen molar-refractivity contribution in [1.29, 1.82) is 0 Å². The number of fused-ring (bicyclic) bond motifs is 1. The van der Waals surface area contributed by atoms with Gasteiger partial charge in [-0.05, 0) is 49.1 Å². The van der Waals surface area contributed by atoms with Crippen molar-refractivity contribution in [3.05, 3.63) is 59.7 Å². The number of carbonyl (C=O) groups is 1. The quantitative estimate of drug-likeness (QED) is 0.832. The maximum atomic E-state index is 13.2. The second kappa shape index (κ2) is 8.01. The molecule has 1 saturated heterocycles. The van der Waals surface area contributed by atoms with E-state index in [1.165, 1.54) is 0 Å². The number of carbonyl (C=O) groups excluding carboxylic acids is 1. The fourth-order valence-electron chi connectivity index (χ4n) is 3.72. The second-order valence-electron chi connectivity index (χ2n) is 7.10. The van der Waals surface area contributed by atoms with Gasteiger partial charge in [0.05, 0.1) is 18.3 Å². The Hall–Kier alpha value is -2.53. The molecule has 2 heterocycles. The van der Waals surface area contributed by atoms with E-state index in [-0.39, 0.29) is 18.2 Å². The third kappa shape index (κ3) is 3.78. The lowest BCUT2D eigenvalue weighted by Gasteiger charge is -2.39. The summed E-state index contributed by atoms with van der Waals surface area (Å²) in [4.78, 5) is 15.1.